The van der Waals surface area contributed by atoms with E-state index in [1.165, 1.54) is 0 Å². The molecule has 2 aliphatic heterocycles. The summed E-state index contributed by atoms with van der Waals surface area (Å²) in [7, 11) is 0. The zero-order valence-corrected chi connectivity index (χ0v) is 17.1. The minimum absolute atomic E-state index is 0.0870. The Morgan fingerprint density at radius 3 is 2.58 bits per heavy atom. The van der Waals surface area contributed by atoms with Crippen LogP contribution in [0.15, 0.2) is 36.4 Å². The third-order valence-corrected chi connectivity index (χ3v) is 5.83. The van der Waals surface area contributed by atoms with Gasteiger partial charge in [-0.1, -0.05) is 0 Å². The summed E-state index contributed by atoms with van der Waals surface area (Å²) in [6.45, 7) is 2.83. The van der Waals surface area contributed by atoms with Crippen molar-refractivity contribution in [3.63, 3.8) is 0 Å². The number of hydrogen-bond donors (Lipinski definition) is 3. The second-order valence-electron chi connectivity index (χ2n) is 7.97. The molecule has 166 valence electrons. The lowest BCUT2D eigenvalue weighted by Gasteiger charge is -2.34. The molecule has 1 amide bonds. The molecule has 9 heteroatoms. The first-order valence-corrected chi connectivity index (χ1v) is 10.3. The molecule has 2 aromatic rings. The van der Waals surface area contributed by atoms with Crippen molar-refractivity contribution >= 4 is 28.7 Å². The van der Waals surface area contributed by atoms with E-state index in [0.717, 1.165) is 22.6 Å². The van der Waals surface area contributed by atoms with Crippen molar-refractivity contribution < 1.29 is 22.7 Å². The third-order valence-electron chi connectivity index (χ3n) is 5.83. The molecule has 0 radical (unpaired) electrons. The Labute approximate surface area is 178 Å². The molecular formula is C22H25F3N4O2. The van der Waals surface area contributed by atoms with Crippen LogP contribution in [-0.4, -0.2) is 37.8 Å². The third kappa shape index (κ3) is 4.56. The average molecular weight is 434 g/mol. The van der Waals surface area contributed by atoms with E-state index in [2.05, 4.69) is 10.6 Å². The molecule has 2 aliphatic rings. The fraction of sp³-hybridized carbons (Fsp3) is 0.409. The Morgan fingerprint density at radius 1 is 1.19 bits per heavy atom. The molecule has 0 aromatic heterocycles. The molecule has 0 spiro atoms. The van der Waals surface area contributed by atoms with E-state index in [4.69, 9.17) is 10.5 Å². The highest BCUT2D eigenvalue weighted by atomic mass is 19.4. The van der Waals surface area contributed by atoms with Gasteiger partial charge in [-0.05, 0) is 55.7 Å². The number of carbonyl (C=O) groups excluding carboxylic acids is 1. The van der Waals surface area contributed by atoms with Crippen molar-refractivity contribution in [3.8, 4) is 5.75 Å². The van der Waals surface area contributed by atoms with Crippen LogP contribution in [0.5, 0.6) is 5.75 Å². The predicted octanol–water partition coefficient (Wildman–Crippen LogP) is 4.18. The Kier molecular flexibility index (Phi) is 5.70. The lowest BCUT2D eigenvalue weighted by molar-refractivity contribution is -0.179. The summed E-state index contributed by atoms with van der Waals surface area (Å²) in [6, 6.07) is 11.2. The largest absolute Gasteiger partial charge is 0.477 e. The van der Waals surface area contributed by atoms with Crippen LogP contribution in [0.2, 0.25) is 0 Å². The minimum Gasteiger partial charge on any atom is -0.477 e. The fourth-order valence-corrected chi connectivity index (χ4v) is 3.98. The normalized spacial score (nSPS) is 19.5. The maximum Gasteiger partial charge on any atom is 0.391 e. The van der Waals surface area contributed by atoms with Crippen molar-refractivity contribution in [2.24, 2.45) is 11.7 Å². The van der Waals surface area contributed by atoms with Gasteiger partial charge in [-0.3, -0.25) is 4.79 Å². The Bertz CT molecular complexity index is 972. The molecule has 2 heterocycles. The van der Waals surface area contributed by atoms with Crippen molar-refractivity contribution in [1.82, 2.24) is 0 Å². The number of piperidine rings is 1. The molecule has 1 saturated heterocycles. The number of nitrogens with zero attached hydrogens (tertiary/aromatic N) is 1. The van der Waals surface area contributed by atoms with Crippen LogP contribution >= 0.6 is 0 Å². The summed E-state index contributed by atoms with van der Waals surface area (Å²) in [5, 5.41) is 6.10. The second kappa shape index (κ2) is 8.30. The Hall–Kier alpha value is -2.94. The lowest BCUT2D eigenvalue weighted by Crippen LogP contribution is -2.42. The first-order chi connectivity index (χ1) is 14.7. The van der Waals surface area contributed by atoms with Gasteiger partial charge in [0.1, 0.15) is 5.75 Å². The number of amides is 1. The molecule has 31 heavy (non-hydrogen) atoms. The molecule has 1 fully saturated rings. The van der Waals surface area contributed by atoms with Gasteiger partial charge in [0.05, 0.1) is 11.6 Å². The Balaban J connectivity index is 1.44. The van der Waals surface area contributed by atoms with Crippen LogP contribution in [0.1, 0.15) is 18.4 Å². The molecule has 2 aromatic carbocycles. The van der Waals surface area contributed by atoms with Gasteiger partial charge in [0.2, 0.25) is 0 Å². The zero-order valence-electron chi connectivity index (χ0n) is 17.1. The number of aryl methyl sites for hydroxylation is 1. The van der Waals surface area contributed by atoms with E-state index in [-0.39, 0.29) is 25.3 Å². The summed E-state index contributed by atoms with van der Waals surface area (Å²) in [6.07, 6.45) is -4.58. The van der Waals surface area contributed by atoms with Crippen LogP contribution in [0.25, 0.3) is 0 Å². The zero-order chi connectivity index (χ0) is 22.2. The van der Waals surface area contributed by atoms with Crippen LogP contribution in [0, 0.1) is 12.8 Å². The number of fused-ring (bicyclic) bond motifs is 1. The summed E-state index contributed by atoms with van der Waals surface area (Å²) < 4.78 is 44.4. The molecule has 0 bridgehead atoms. The number of nitrogens with two attached hydrogens (primary N) is 1. The molecular weight excluding hydrogens is 409 g/mol. The maximum absolute atomic E-state index is 12.9. The number of anilines is 4. The summed E-state index contributed by atoms with van der Waals surface area (Å²) in [5.41, 5.74) is 9.73. The van der Waals surface area contributed by atoms with Crippen LogP contribution < -0.4 is 26.0 Å². The highest BCUT2D eigenvalue weighted by molar-refractivity contribution is 5.98. The van der Waals surface area contributed by atoms with Gasteiger partial charge in [0.25, 0.3) is 5.91 Å². The number of rotatable bonds is 4. The number of halogens is 3. The first-order valence-electron chi connectivity index (χ1n) is 10.3. The number of nitrogens with one attached hydrogen (secondary N) is 2. The smallest absolute Gasteiger partial charge is 0.391 e. The molecule has 0 aliphatic carbocycles. The standard InChI is InChI=1S/C22H25F3N4O2/c1-13-10-16(29-8-6-14(7-9-29)22(23,24)25)3-5-17(13)27-15-2-4-18-19(11-15)31-20(12-26)21(30)28-18/h2-5,10-11,14,20,27H,6-9,12,26H2,1H3,(H,28,30). The molecule has 0 saturated carbocycles. The van der Waals surface area contributed by atoms with Gasteiger partial charge < -0.3 is 26.0 Å². The SMILES string of the molecule is Cc1cc(N2CCC(C(F)(F)F)CC2)ccc1Nc1ccc2c(c1)OC(CN)C(=O)N2. The van der Waals surface area contributed by atoms with Crippen LogP contribution in [0.3, 0.4) is 0 Å². The lowest BCUT2D eigenvalue weighted by atomic mass is 9.96. The quantitative estimate of drug-likeness (QED) is 0.673. The number of hydrogen-bond acceptors (Lipinski definition) is 5. The van der Waals surface area contributed by atoms with Gasteiger partial charge in [-0.15, -0.1) is 0 Å². The summed E-state index contributed by atoms with van der Waals surface area (Å²) >= 11 is 0. The van der Waals surface area contributed by atoms with Crippen molar-refractivity contribution in [2.45, 2.75) is 32.0 Å². The van der Waals surface area contributed by atoms with E-state index in [9.17, 15) is 18.0 Å². The van der Waals surface area contributed by atoms with Crippen LogP contribution in [-0.2, 0) is 4.79 Å². The number of carbonyl (C=O) groups is 1. The number of ether oxygens (including phenoxy) is 1. The van der Waals surface area contributed by atoms with Gasteiger partial charge >= 0.3 is 6.18 Å². The van der Waals surface area contributed by atoms with Crippen molar-refractivity contribution in [3.05, 3.63) is 42.0 Å². The van der Waals surface area contributed by atoms with E-state index in [0.29, 0.717) is 24.5 Å². The average Bonchev–Trinajstić information content (AvgIpc) is 2.74. The van der Waals surface area contributed by atoms with Crippen molar-refractivity contribution in [2.75, 3.05) is 35.2 Å². The molecule has 4 N–H and O–H groups in total. The highest BCUT2D eigenvalue weighted by Gasteiger charge is 2.41. The molecule has 4 rings (SSSR count). The molecule has 1 atom stereocenters. The molecule has 6 nitrogen and oxygen atoms in total. The summed E-state index contributed by atoms with van der Waals surface area (Å²) in [5.74, 6) is -0.927. The minimum atomic E-state index is -4.11. The Morgan fingerprint density at radius 2 is 1.94 bits per heavy atom. The van der Waals surface area contributed by atoms with E-state index in [1.807, 2.05) is 36.1 Å². The van der Waals surface area contributed by atoms with Gasteiger partial charge in [0, 0.05) is 42.8 Å². The van der Waals surface area contributed by atoms with E-state index >= 15 is 0 Å². The monoisotopic (exact) mass is 434 g/mol. The maximum atomic E-state index is 12.9. The van der Waals surface area contributed by atoms with Gasteiger partial charge in [-0.2, -0.15) is 13.2 Å². The number of benzene rings is 2. The topological polar surface area (TPSA) is 79.6 Å². The van der Waals surface area contributed by atoms with Crippen LogP contribution in [0.4, 0.5) is 35.9 Å². The predicted molar refractivity (Wildman–Crippen MR) is 114 cm³/mol. The van der Waals surface area contributed by atoms with E-state index < -0.39 is 18.2 Å². The summed E-state index contributed by atoms with van der Waals surface area (Å²) in [4.78, 5) is 13.8. The first kappa shape index (κ1) is 21.3. The van der Waals surface area contributed by atoms with Gasteiger partial charge in [0.15, 0.2) is 6.10 Å². The highest BCUT2D eigenvalue weighted by Crippen LogP contribution is 2.37. The van der Waals surface area contributed by atoms with E-state index in [1.54, 1.807) is 12.1 Å². The molecule has 1 unspecified atom stereocenters. The van der Waals surface area contributed by atoms with Gasteiger partial charge in [-0.25, -0.2) is 0 Å². The van der Waals surface area contributed by atoms with Crippen molar-refractivity contribution in [1.29, 1.82) is 0 Å². The number of alkyl halides is 3. The fourth-order valence-electron chi connectivity index (χ4n) is 3.98. The second-order valence-corrected chi connectivity index (χ2v) is 7.97.